The molecule has 1 unspecified atom stereocenters. The summed E-state index contributed by atoms with van der Waals surface area (Å²) in [7, 11) is 0. The Hall–Kier alpha value is -0.820. The molecule has 0 bridgehead atoms. The molecule has 0 radical (unpaired) electrons. The summed E-state index contributed by atoms with van der Waals surface area (Å²) < 4.78 is 27.3. The van der Waals surface area contributed by atoms with Crippen LogP contribution in [0.5, 0.6) is 0 Å². The highest BCUT2D eigenvalue weighted by atomic mass is 79.9. The minimum absolute atomic E-state index is 0.193. The molecule has 0 amide bonds. The van der Waals surface area contributed by atoms with E-state index in [9.17, 15) is 8.78 Å². The predicted octanol–water partition coefficient (Wildman–Crippen LogP) is 3.54. The van der Waals surface area contributed by atoms with Gasteiger partial charge in [0.05, 0.1) is 9.83 Å². The van der Waals surface area contributed by atoms with E-state index in [2.05, 4.69) is 21.4 Å². The van der Waals surface area contributed by atoms with Crippen molar-refractivity contribution in [1.82, 2.24) is 5.43 Å². The molecule has 3 N–H and O–H groups in total. The van der Waals surface area contributed by atoms with Crippen LogP contribution < -0.4 is 11.3 Å². The van der Waals surface area contributed by atoms with Crippen LogP contribution in [-0.2, 0) is 6.42 Å². The van der Waals surface area contributed by atoms with Crippen LogP contribution in [0, 0.1) is 11.6 Å². The van der Waals surface area contributed by atoms with Crippen molar-refractivity contribution in [3.63, 3.8) is 0 Å². The van der Waals surface area contributed by atoms with Crippen molar-refractivity contribution in [2.45, 2.75) is 12.5 Å². The second kappa shape index (κ2) is 5.88. The third kappa shape index (κ3) is 3.14. The van der Waals surface area contributed by atoms with Gasteiger partial charge in [0, 0.05) is 10.9 Å². The first-order valence-electron chi connectivity index (χ1n) is 5.25. The monoisotopic (exact) mass is 332 g/mol. The van der Waals surface area contributed by atoms with Crippen LogP contribution in [0.2, 0.25) is 0 Å². The molecule has 96 valence electrons. The summed E-state index contributed by atoms with van der Waals surface area (Å²) in [5, 5.41) is 0. The number of hydrogen-bond acceptors (Lipinski definition) is 3. The van der Waals surface area contributed by atoms with Crippen LogP contribution in [0.1, 0.15) is 16.5 Å². The SMILES string of the molecule is NNC(Cc1ccc(F)cc1F)c1ccc(Br)s1. The fourth-order valence-corrected chi connectivity index (χ4v) is 3.15. The summed E-state index contributed by atoms with van der Waals surface area (Å²) in [6.07, 6.45) is 0.371. The van der Waals surface area contributed by atoms with E-state index in [1.165, 1.54) is 23.5 Å². The van der Waals surface area contributed by atoms with Gasteiger partial charge in [0.15, 0.2) is 0 Å². The number of nitrogens with two attached hydrogens (primary N) is 1. The van der Waals surface area contributed by atoms with E-state index < -0.39 is 11.6 Å². The molecule has 18 heavy (non-hydrogen) atoms. The third-order valence-electron chi connectivity index (χ3n) is 2.58. The fraction of sp³-hybridized carbons (Fsp3) is 0.167. The summed E-state index contributed by atoms with van der Waals surface area (Å²) in [6, 6.07) is 7.20. The lowest BCUT2D eigenvalue weighted by molar-refractivity contribution is 0.527. The second-order valence-corrected chi connectivity index (χ2v) is 6.30. The van der Waals surface area contributed by atoms with E-state index >= 15 is 0 Å². The highest BCUT2D eigenvalue weighted by Gasteiger charge is 2.15. The van der Waals surface area contributed by atoms with Crippen LogP contribution in [0.3, 0.4) is 0 Å². The zero-order chi connectivity index (χ0) is 13.1. The van der Waals surface area contributed by atoms with Gasteiger partial charge in [-0.2, -0.15) is 0 Å². The Balaban J connectivity index is 2.20. The zero-order valence-corrected chi connectivity index (χ0v) is 11.7. The average Bonchev–Trinajstić information content (AvgIpc) is 2.75. The van der Waals surface area contributed by atoms with Gasteiger partial charge in [-0.05, 0) is 46.1 Å². The molecule has 0 spiro atoms. The van der Waals surface area contributed by atoms with Gasteiger partial charge < -0.3 is 0 Å². The molecule has 6 heteroatoms. The molecule has 0 fully saturated rings. The largest absolute Gasteiger partial charge is 0.271 e. The van der Waals surface area contributed by atoms with Gasteiger partial charge in [-0.15, -0.1) is 11.3 Å². The molecular weight excluding hydrogens is 322 g/mol. The first-order valence-corrected chi connectivity index (χ1v) is 6.86. The maximum atomic E-state index is 13.6. The van der Waals surface area contributed by atoms with Gasteiger partial charge in [0.25, 0.3) is 0 Å². The van der Waals surface area contributed by atoms with E-state index in [-0.39, 0.29) is 6.04 Å². The zero-order valence-electron chi connectivity index (χ0n) is 9.29. The number of benzene rings is 1. The number of halogens is 3. The van der Waals surface area contributed by atoms with Crippen molar-refractivity contribution >= 4 is 27.3 Å². The van der Waals surface area contributed by atoms with Crippen molar-refractivity contribution in [2.24, 2.45) is 5.84 Å². The Kier molecular flexibility index (Phi) is 4.45. The predicted molar refractivity (Wildman–Crippen MR) is 72.1 cm³/mol. The van der Waals surface area contributed by atoms with Crippen LogP contribution >= 0.6 is 27.3 Å². The lowest BCUT2D eigenvalue weighted by Crippen LogP contribution is -2.29. The Morgan fingerprint density at radius 3 is 2.61 bits per heavy atom. The Bertz CT molecular complexity index is 545. The van der Waals surface area contributed by atoms with E-state index in [1.54, 1.807) is 0 Å². The molecular formula is C12H11BrF2N2S. The van der Waals surface area contributed by atoms with Crippen LogP contribution in [-0.4, -0.2) is 0 Å². The molecule has 1 atom stereocenters. The van der Waals surface area contributed by atoms with Crippen molar-refractivity contribution in [1.29, 1.82) is 0 Å². The summed E-state index contributed by atoms with van der Waals surface area (Å²) in [5.74, 6) is 4.36. The Morgan fingerprint density at radius 2 is 2.06 bits per heavy atom. The van der Waals surface area contributed by atoms with Crippen LogP contribution in [0.15, 0.2) is 34.1 Å². The lowest BCUT2D eigenvalue weighted by atomic mass is 10.0. The van der Waals surface area contributed by atoms with Gasteiger partial charge in [-0.3, -0.25) is 11.3 Å². The van der Waals surface area contributed by atoms with E-state index in [0.717, 1.165) is 14.7 Å². The van der Waals surface area contributed by atoms with E-state index in [0.29, 0.717) is 12.0 Å². The van der Waals surface area contributed by atoms with Gasteiger partial charge >= 0.3 is 0 Å². The summed E-state index contributed by atoms with van der Waals surface area (Å²) in [6.45, 7) is 0. The quantitative estimate of drug-likeness (QED) is 0.663. The molecule has 1 aromatic carbocycles. The molecule has 0 saturated carbocycles. The molecule has 0 aliphatic heterocycles. The van der Waals surface area contributed by atoms with Crippen molar-refractivity contribution in [3.05, 3.63) is 56.2 Å². The molecule has 0 aliphatic rings. The standard InChI is InChI=1S/C12H11BrF2N2S/c13-12-4-3-11(18-12)10(17-16)5-7-1-2-8(14)6-9(7)15/h1-4,6,10,17H,5,16H2. The molecule has 2 aromatic rings. The Labute approximate surface area is 116 Å². The first-order chi connectivity index (χ1) is 8.60. The van der Waals surface area contributed by atoms with E-state index in [1.807, 2.05) is 12.1 Å². The number of hydrazine groups is 1. The normalized spacial score (nSPS) is 12.7. The summed E-state index contributed by atoms with van der Waals surface area (Å²) in [4.78, 5) is 0.994. The maximum Gasteiger partial charge on any atom is 0.129 e. The van der Waals surface area contributed by atoms with Crippen LogP contribution in [0.25, 0.3) is 0 Å². The number of thiophene rings is 1. The van der Waals surface area contributed by atoms with Crippen molar-refractivity contribution in [3.8, 4) is 0 Å². The molecule has 0 aliphatic carbocycles. The summed E-state index contributed by atoms with van der Waals surface area (Å²) in [5.41, 5.74) is 3.09. The number of rotatable bonds is 4. The van der Waals surface area contributed by atoms with Gasteiger partial charge in [0.1, 0.15) is 11.6 Å². The lowest BCUT2D eigenvalue weighted by Gasteiger charge is -2.14. The molecule has 0 saturated heterocycles. The summed E-state index contributed by atoms with van der Waals surface area (Å²) >= 11 is 4.89. The van der Waals surface area contributed by atoms with Gasteiger partial charge in [0.2, 0.25) is 0 Å². The first kappa shape index (κ1) is 13.6. The van der Waals surface area contributed by atoms with Crippen molar-refractivity contribution < 1.29 is 8.78 Å². The molecule has 1 heterocycles. The van der Waals surface area contributed by atoms with Gasteiger partial charge in [-0.1, -0.05) is 6.07 Å². The van der Waals surface area contributed by atoms with Crippen LogP contribution in [0.4, 0.5) is 8.78 Å². The molecule has 2 rings (SSSR count). The number of hydrogen-bond donors (Lipinski definition) is 2. The minimum atomic E-state index is -0.577. The second-order valence-electron chi connectivity index (χ2n) is 3.80. The molecule has 2 nitrogen and oxygen atoms in total. The van der Waals surface area contributed by atoms with E-state index in [4.69, 9.17) is 5.84 Å². The van der Waals surface area contributed by atoms with Gasteiger partial charge in [-0.25, -0.2) is 8.78 Å². The highest BCUT2D eigenvalue weighted by Crippen LogP contribution is 2.29. The highest BCUT2D eigenvalue weighted by molar-refractivity contribution is 9.11. The topological polar surface area (TPSA) is 38.0 Å². The number of nitrogens with one attached hydrogen (secondary N) is 1. The fourth-order valence-electron chi connectivity index (χ4n) is 1.66. The Morgan fingerprint density at radius 1 is 1.28 bits per heavy atom. The third-order valence-corrected chi connectivity index (χ3v) is 4.32. The molecule has 1 aromatic heterocycles. The average molecular weight is 333 g/mol. The minimum Gasteiger partial charge on any atom is -0.271 e. The maximum absolute atomic E-state index is 13.6. The van der Waals surface area contributed by atoms with Crippen molar-refractivity contribution in [2.75, 3.05) is 0 Å². The smallest absolute Gasteiger partial charge is 0.129 e.